The summed E-state index contributed by atoms with van der Waals surface area (Å²) < 4.78 is 0. The van der Waals surface area contributed by atoms with E-state index in [0.717, 1.165) is 18.4 Å². The van der Waals surface area contributed by atoms with E-state index < -0.39 is 5.60 Å². The van der Waals surface area contributed by atoms with Gasteiger partial charge in [-0.2, -0.15) is 0 Å². The van der Waals surface area contributed by atoms with Crippen LogP contribution in [0.5, 0.6) is 0 Å². The lowest BCUT2D eigenvalue weighted by Gasteiger charge is -2.23. The van der Waals surface area contributed by atoms with Crippen molar-refractivity contribution in [3.63, 3.8) is 0 Å². The summed E-state index contributed by atoms with van der Waals surface area (Å²) in [5.41, 5.74) is 1.11. The number of amides is 1. The Morgan fingerprint density at radius 1 is 1.29 bits per heavy atom. The molecule has 2 N–H and O–H groups in total. The van der Waals surface area contributed by atoms with E-state index in [4.69, 9.17) is 0 Å². The second-order valence-corrected chi connectivity index (χ2v) is 6.02. The summed E-state index contributed by atoms with van der Waals surface area (Å²) in [7, 11) is 0. The standard InChI is InChI=1S/C18H25NO2/c1-18(21,16-10-6-3-7-11-16)14-17(20)19-13-12-15-8-4-2-5-9-15/h3,6-8,10-11,21H,2,4-5,9,12-14H2,1H3,(H,19,20). The van der Waals surface area contributed by atoms with Crippen LogP contribution < -0.4 is 5.32 Å². The SMILES string of the molecule is CC(O)(CC(=O)NCCC1=CCCCC1)c1ccccc1. The quantitative estimate of drug-likeness (QED) is 0.789. The maximum atomic E-state index is 12.0. The molecule has 114 valence electrons. The van der Waals surface area contributed by atoms with E-state index >= 15 is 0 Å². The molecule has 1 unspecified atom stereocenters. The maximum Gasteiger partial charge on any atom is 0.223 e. The Hall–Kier alpha value is -1.61. The molecular weight excluding hydrogens is 262 g/mol. The molecule has 0 spiro atoms. The molecule has 0 saturated carbocycles. The molecule has 0 saturated heterocycles. The lowest BCUT2D eigenvalue weighted by atomic mass is 9.92. The highest BCUT2D eigenvalue weighted by atomic mass is 16.3. The van der Waals surface area contributed by atoms with Crippen molar-refractivity contribution in [2.24, 2.45) is 0 Å². The molecule has 1 aromatic rings. The number of hydrogen-bond acceptors (Lipinski definition) is 2. The minimum Gasteiger partial charge on any atom is -0.385 e. The number of aliphatic hydroxyl groups is 1. The number of nitrogens with one attached hydrogen (secondary N) is 1. The summed E-state index contributed by atoms with van der Waals surface area (Å²) in [4.78, 5) is 12.0. The average molecular weight is 287 g/mol. The van der Waals surface area contributed by atoms with Gasteiger partial charge in [0.15, 0.2) is 0 Å². The van der Waals surface area contributed by atoms with Crippen LogP contribution in [0.1, 0.15) is 51.0 Å². The summed E-state index contributed by atoms with van der Waals surface area (Å²) in [5.74, 6) is -0.0970. The number of hydrogen-bond donors (Lipinski definition) is 2. The van der Waals surface area contributed by atoms with Crippen molar-refractivity contribution in [1.82, 2.24) is 5.32 Å². The lowest BCUT2D eigenvalue weighted by molar-refractivity contribution is -0.125. The van der Waals surface area contributed by atoms with Crippen LogP contribution >= 0.6 is 0 Å². The zero-order valence-electron chi connectivity index (χ0n) is 12.8. The van der Waals surface area contributed by atoms with Crippen LogP contribution in [0, 0.1) is 0 Å². The highest BCUT2D eigenvalue weighted by molar-refractivity contribution is 5.77. The summed E-state index contributed by atoms with van der Waals surface area (Å²) in [6, 6.07) is 9.34. The normalized spacial score (nSPS) is 17.7. The second-order valence-electron chi connectivity index (χ2n) is 6.02. The largest absolute Gasteiger partial charge is 0.385 e. The number of carbonyl (C=O) groups excluding carboxylic acids is 1. The highest BCUT2D eigenvalue weighted by Gasteiger charge is 2.26. The van der Waals surface area contributed by atoms with Gasteiger partial charge in [0.1, 0.15) is 0 Å². The number of carbonyl (C=O) groups is 1. The number of benzene rings is 1. The minimum absolute atomic E-state index is 0.0933. The van der Waals surface area contributed by atoms with Crippen molar-refractivity contribution in [1.29, 1.82) is 0 Å². The molecule has 0 fully saturated rings. The third kappa shape index (κ3) is 5.01. The number of rotatable bonds is 6. The number of allylic oxidation sites excluding steroid dienone is 1. The monoisotopic (exact) mass is 287 g/mol. The van der Waals surface area contributed by atoms with Crippen molar-refractivity contribution < 1.29 is 9.90 Å². The topological polar surface area (TPSA) is 49.3 Å². The Labute approximate surface area is 127 Å². The Morgan fingerprint density at radius 2 is 2.05 bits per heavy atom. The fourth-order valence-corrected chi connectivity index (χ4v) is 2.77. The molecule has 1 aromatic carbocycles. The van der Waals surface area contributed by atoms with Crippen molar-refractivity contribution in [2.45, 2.75) is 51.0 Å². The minimum atomic E-state index is -1.12. The van der Waals surface area contributed by atoms with Crippen molar-refractivity contribution in [2.75, 3.05) is 6.54 Å². The van der Waals surface area contributed by atoms with Crippen LogP contribution in [0.3, 0.4) is 0 Å². The van der Waals surface area contributed by atoms with Crippen LogP contribution in [0.25, 0.3) is 0 Å². The van der Waals surface area contributed by atoms with Crippen LogP contribution in [-0.4, -0.2) is 17.6 Å². The Kier molecular flexibility index (Phi) is 5.57. The highest BCUT2D eigenvalue weighted by Crippen LogP contribution is 2.24. The fourth-order valence-electron chi connectivity index (χ4n) is 2.77. The van der Waals surface area contributed by atoms with Crippen LogP contribution in [0.15, 0.2) is 42.0 Å². The molecule has 0 aromatic heterocycles. The Morgan fingerprint density at radius 3 is 2.71 bits per heavy atom. The van der Waals surface area contributed by atoms with E-state index in [9.17, 15) is 9.90 Å². The molecule has 2 rings (SSSR count). The molecular formula is C18H25NO2. The first-order valence-corrected chi connectivity index (χ1v) is 7.80. The molecule has 0 radical (unpaired) electrons. The lowest BCUT2D eigenvalue weighted by Crippen LogP contribution is -2.33. The van der Waals surface area contributed by atoms with E-state index in [2.05, 4.69) is 11.4 Å². The molecule has 3 nitrogen and oxygen atoms in total. The molecule has 0 bridgehead atoms. The molecule has 1 amide bonds. The van der Waals surface area contributed by atoms with Crippen molar-refractivity contribution >= 4 is 5.91 Å². The second kappa shape index (κ2) is 7.41. The molecule has 1 aliphatic rings. The van der Waals surface area contributed by atoms with E-state index in [1.165, 1.54) is 24.8 Å². The third-order valence-corrected chi connectivity index (χ3v) is 4.05. The van der Waals surface area contributed by atoms with E-state index in [-0.39, 0.29) is 12.3 Å². The van der Waals surface area contributed by atoms with Gasteiger partial charge in [0, 0.05) is 6.54 Å². The predicted molar refractivity (Wildman–Crippen MR) is 84.8 cm³/mol. The van der Waals surface area contributed by atoms with E-state index in [1.54, 1.807) is 6.92 Å². The van der Waals surface area contributed by atoms with E-state index in [0.29, 0.717) is 6.54 Å². The van der Waals surface area contributed by atoms with Gasteiger partial charge < -0.3 is 10.4 Å². The van der Waals surface area contributed by atoms with Gasteiger partial charge in [-0.15, -0.1) is 0 Å². The first-order chi connectivity index (χ1) is 10.1. The summed E-state index contributed by atoms with van der Waals surface area (Å²) in [6.07, 6.45) is 8.22. The molecule has 0 aliphatic heterocycles. The van der Waals surface area contributed by atoms with Crippen LogP contribution in [0.2, 0.25) is 0 Å². The summed E-state index contributed by atoms with van der Waals surface area (Å²) in [6.45, 7) is 2.35. The van der Waals surface area contributed by atoms with Gasteiger partial charge in [0.25, 0.3) is 0 Å². The van der Waals surface area contributed by atoms with Gasteiger partial charge in [0.2, 0.25) is 5.91 Å². The molecule has 3 heteroatoms. The van der Waals surface area contributed by atoms with Crippen molar-refractivity contribution in [3.05, 3.63) is 47.5 Å². The van der Waals surface area contributed by atoms with Gasteiger partial charge in [-0.3, -0.25) is 4.79 Å². The zero-order valence-corrected chi connectivity index (χ0v) is 12.8. The fraction of sp³-hybridized carbons (Fsp3) is 0.500. The van der Waals surface area contributed by atoms with E-state index in [1.807, 2.05) is 30.3 Å². The molecule has 0 heterocycles. The molecule has 1 aliphatic carbocycles. The summed E-state index contributed by atoms with van der Waals surface area (Å²) >= 11 is 0. The van der Waals surface area contributed by atoms with Crippen LogP contribution in [0.4, 0.5) is 0 Å². The van der Waals surface area contributed by atoms with Gasteiger partial charge in [0.05, 0.1) is 12.0 Å². The third-order valence-electron chi connectivity index (χ3n) is 4.05. The van der Waals surface area contributed by atoms with Gasteiger partial charge in [-0.1, -0.05) is 42.0 Å². The Bertz CT molecular complexity index is 491. The molecule has 1 atom stereocenters. The average Bonchev–Trinajstić information content (AvgIpc) is 2.49. The summed E-state index contributed by atoms with van der Waals surface area (Å²) in [5, 5.41) is 13.3. The van der Waals surface area contributed by atoms with Gasteiger partial charge in [-0.05, 0) is 44.6 Å². The van der Waals surface area contributed by atoms with Gasteiger partial charge >= 0.3 is 0 Å². The predicted octanol–water partition coefficient (Wildman–Crippen LogP) is 3.29. The first-order valence-electron chi connectivity index (χ1n) is 7.80. The van der Waals surface area contributed by atoms with Crippen LogP contribution in [-0.2, 0) is 10.4 Å². The first kappa shape index (κ1) is 15.8. The smallest absolute Gasteiger partial charge is 0.223 e. The molecule has 21 heavy (non-hydrogen) atoms. The maximum absolute atomic E-state index is 12.0. The zero-order chi connectivity index (χ0) is 15.1. The Balaban J connectivity index is 1.77. The van der Waals surface area contributed by atoms with Crippen molar-refractivity contribution in [3.8, 4) is 0 Å². The van der Waals surface area contributed by atoms with Gasteiger partial charge in [-0.25, -0.2) is 0 Å².